The van der Waals surface area contributed by atoms with Crippen molar-refractivity contribution in [2.75, 3.05) is 6.54 Å². The Morgan fingerprint density at radius 3 is 2.53 bits per heavy atom. The molecule has 3 N–H and O–H groups in total. The molecule has 0 aromatic heterocycles. The van der Waals surface area contributed by atoms with Crippen molar-refractivity contribution >= 4 is 18.0 Å². The van der Waals surface area contributed by atoms with Gasteiger partial charge in [0.15, 0.2) is 0 Å². The van der Waals surface area contributed by atoms with E-state index < -0.39 is 23.8 Å². The molecule has 0 saturated carbocycles. The average molecular weight is 243 g/mol. The van der Waals surface area contributed by atoms with Crippen LogP contribution < -0.4 is 16.0 Å². The van der Waals surface area contributed by atoms with Crippen LogP contribution in [0, 0.1) is 0 Å². The lowest BCUT2D eigenvalue weighted by molar-refractivity contribution is -0.120. The monoisotopic (exact) mass is 243 g/mol. The summed E-state index contributed by atoms with van der Waals surface area (Å²) in [6.45, 7) is 5.54. The summed E-state index contributed by atoms with van der Waals surface area (Å²) in [5.74, 6) is -0.374. The zero-order chi connectivity index (χ0) is 13.1. The normalized spacial score (nSPS) is 19.6. The standard InChI is InChI=1S/C10H17N3O4/c1-10(2,3)17-9(16)11-5-4-6-7(14)13-8(15)12-6/h6H,4-5H2,1-3H3,(H,11,16)(H2,12,13,14,15). The maximum absolute atomic E-state index is 11.3. The van der Waals surface area contributed by atoms with Crippen LogP contribution in [0.3, 0.4) is 0 Å². The molecule has 1 fully saturated rings. The number of urea groups is 1. The highest BCUT2D eigenvalue weighted by molar-refractivity contribution is 6.04. The van der Waals surface area contributed by atoms with E-state index in [-0.39, 0.29) is 12.5 Å². The first-order valence-corrected chi connectivity index (χ1v) is 5.36. The van der Waals surface area contributed by atoms with Gasteiger partial charge in [0.05, 0.1) is 0 Å². The van der Waals surface area contributed by atoms with Crippen molar-refractivity contribution in [3.8, 4) is 0 Å². The van der Waals surface area contributed by atoms with Crippen molar-refractivity contribution in [3.63, 3.8) is 0 Å². The fourth-order valence-corrected chi connectivity index (χ4v) is 1.29. The molecule has 1 rings (SSSR count). The van der Waals surface area contributed by atoms with Gasteiger partial charge in [0.2, 0.25) is 0 Å². The Morgan fingerprint density at radius 1 is 1.41 bits per heavy atom. The van der Waals surface area contributed by atoms with Crippen molar-refractivity contribution in [2.24, 2.45) is 0 Å². The SMILES string of the molecule is CC(C)(C)OC(=O)NCCC1NC(=O)NC1=O. The predicted molar refractivity (Wildman–Crippen MR) is 59.3 cm³/mol. The lowest BCUT2D eigenvalue weighted by Gasteiger charge is -2.19. The Bertz CT molecular complexity index is 335. The summed E-state index contributed by atoms with van der Waals surface area (Å²) in [6, 6.07) is -1.09. The Balaban J connectivity index is 2.22. The van der Waals surface area contributed by atoms with Crippen LogP contribution in [-0.4, -0.2) is 36.2 Å². The molecule has 96 valence electrons. The molecule has 1 unspecified atom stereocenters. The van der Waals surface area contributed by atoms with Gasteiger partial charge in [-0.1, -0.05) is 0 Å². The number of hydrogen-bond acceptors (Lipinski definition) is 4. The van der Waals surface area contributed by atoms with Gasteiger partial charge in [0, 0.05) is 6.54 Å². The molecule has 0 aromatic carbocycles. The molecule has 17 heavy (non-hydrogen) atoms. The van der Waals surface area contributed by atoms with E-state index in [1.807, 2.05) is 0 Å². The van der Waals surface area contributed by atoms with Gasteiger partial charge < -0.3 is 15.4 Å². The number of nitrogens with one attached hydrogen (secondary N) is 3. The largest absolute Gasteiger partial charge is 0.444 e. The number of hydrogen-bond donors (Lipinski definition) is 3. The number of carbonyl (C=O) groups is 3. The molecule has 4 amide bonds. The smallest absolute Gasteiger partial charge is 0.407 e. The highest BCUT2D eigenvalue weighted by Gasteiger charge is 2.29. The molecule has 1 atom stereocenters. The van der Waals surface area contributed by atoms with E-state index in [1.165, 1.54) is 0 Å². The first kappa shape index (κ1) is 13.3. The van der Waals surface area contributed by atoms with Gasteiger partial charge in [-0.15, -0.1) is 0 Å². The minimum absolute atomic E-state index is 0.257. The fraction of sp³-hybridized carbons (Fsp3) is 0.700. The van der Waals surface area contributed by atoms with Gasteiger partial charge in [0.25, 0.3) is 5.91 Å². The third kappa shape index (κ3) is 4.71. The molecule has 0 bridgehead atoms. The van der Waals surface area contributed by atoms with E-state index in [4.69, 9.17) is 4.74 Å². The van der Waals surface area contributed by atoms with Gasteiger partial charge in [0.1, 0.15) is 11.6 Å². The van der Waals surface area contributed by atoms with Gasteiger partial charge in [-0.25, -0.2) is 9.59 Å². The van der Waals surface area contributed by atoms with E-state index >= 15 is 0 Å². The Morgan fingerprint density at radius 2 is 2.06 bits per heavy atom. The Hall–Kier alpha value is -1.79. The number of amides is 4. The van der Waals surface area contributed by atoms with Crippen molar-refractivity contribution in [1.82, 2.24) is 16.0 Å². The zero-order valence-corrected chi connectivity index (χ0v) is 10.1. The molecule has 1 saturated heterocycles. The van der Waals surface area contributed by atoms with Gasteiger partial charge in [-0.3, -0.25) is 10.1 Å². The summed E-state index contributed by atoms with van der Waals surface area (Å²) in [4.78, 5) is 33.2. The van der Waals surface area contributed by atoms with Crippen molar-refractivity contribution in [1.29, 1.82) is 0 Å². The van der Waals surface area contributed by atoms with Gasteiger partial charge >= 0.3 is 12.1 Å². The van der Waals surface area contributed by atoms with Crippen LogP contribution in [0.15, 0.2) is 0 Å². The quantitative estimate of drug-likeness (QED) is 0.613. The first-order valence-electron chi connectivity index (χ1n) is 5.36. The average Bonchev–Trinajstić information content (AvgIpc) is 2.42. The number of ether oxygens (including phenoxy) is 1. The molecule has 1 heterocycles. The molecule has 7 heteroatoms. The third-order valence-electron chi connectivity index (χ3n) is 1.96. The summed E-state index contributed by atoms with van der Waals surface area (Å²) in [5, 5.41) is 7.05. The minimum atomic E-state index is -0.586. The van der Waals surface area contributed by atoms with Crippen LogP contribution in [0.4, 0.5) is 9.59 Å². The summed E-state index contributed by atoms with van der Waals surface area (Å²) in [5.41, 5.74) is -0.553. The summed E-state index contributed by atoms with van der Waals surface area (Å²) < 4.78 is 5.01. The molecular formula is C10H17N3O4. The Kier molecular flexibility index (Phi) is 3.93. The number of imide groups is 1. The van der Waals surface area contributed by atoms with Crippen molar-refractivity contribution < 1.29 is 19.1 Å². The molecule has 0 aromatic rings. The maximum Gasteiger partial charge on any atom is 0.407 e. The highest BCUT2D eigenvalue weighted by atomic mass is 16.6. The summed E-state index contributed by atoms with van der Waals surface area (Å²) in [6.07, 6.45) is -0.209. The van der Waals surface area contributed by atoms with Crippen LogP contribution >= 0.6 is 0 Å². The molecule has 0 radical (unpaired) electrons. The minimum Gasteiger partial charge on any atom is -0.444 e. The van der Waals surface area contributed by atoms with Crippen LogP contribution in [0.1, 0.15) is 27.2 Å². The topological polar surface area (TPSA) is 96.5 Å². The van der Waals surface area contributed by atoms with E-state index in [1.54, 1.807) is 20.8 Å². The third-order valence-corrected chi connectivity index (χ3v) is 1.96. The van der Waals surface area contributed by atoms with Crippen LogP contribution in [0.5, 0.6) is 0 Å². The van der Waals surface area contributed by atoms with Gasteiger partial charge in [-0.2, -0.15) is 0 Å². The molecule has 0 spiro atoms. The fourth-order valence-electron chi connectivity index (χ4n) is 1.29. The highest BCUT2D eigenvalue weighted by Crippen LogP contribution is 2.06. The maximum atomic E-state index is 11.3. The lowest BCUT2D eigenvalue weighted by atomic mass is 10.2. The van der Waals surface area contributed by atoms with Crippen LogP contribution in [-0.2, 0) is 9.53 Å². The number of alkyl carbamates (subject to hydrolysis) is 1. The van der Waals surface area contributed by atoms with E-state index in [2.05, 4.69) is 16.0 Å². The van der Waals surface area contributed by atoms with E-state index in [0.29, 0.717) is 6.42 Å². The molecular weight excluding hydrogens is 226 g/mol. The predicted octanol–water partition coefficient (Wildman–Crippen LogP) is 0.109. The number of carbonyl (C=O) groups excluding carboxylic acids is 3. The summed E-state index contributed by atoms with van der Waals surface area (Å²) >= 11 is 0. The second-order valence-electron chi connectivity index (χ2n) is 4.73. The van der Waals surface area contributed by atoms with E-state index in [0.717, 1.165) is 0 Å². The van der Waals surface area contributed by atoms with E-state index in [9.17, 15) is 14.4 Å². The summed E-state index contributed by atoms with van der Waals surface area (Å²) in [7, 11) is 0. The van der Waals surface area contributed by atoms with Gasteiger partial charge in [-0.05, 0) is 27.2 Å². The molecule has 1 aliphatic rings. The second-order valence-corrected chi connectivity index (χ2v) is 4.73. The van der Waals surface area contributed by atoms with Crippen LogP contribution in [0.25, 0.3) is 0 Å². The second kappa shape index (κ2) is 5.03. The molecule has 0 aliphatic carbocycles. The Labute approximate surface area is 99.3 Å². The zero-order valence-electron chi connectivity index (χ0n) is 10.1. The molecule has 1 aliphatic heterocycles. The molecule has 7 nitrogen and oxygen atoms in total. The van der Waals surface area contributed by atoms with Crippen molar-refractivity contribution in [3.05, 3.63) is 0 Å². The van der Waals surface area contributed by atoms with Crippen molar-refractivity contribution in [2.45, 2.75) is 38.8 Å². The van der Waals surface area contributed by atoms with Crippen LogP contribution in [0.2, 0.25) is 0 Å². The lowest BCUT2D eigenvalue weighted by Crippen LogP contribution is -2.37. The first-order chi connectivity index (χ1) is 7.78. The number of rotatable bonds is 3.